The minimum absolute atomic E-state index is 1.12. The zero-order valence-corrected chi connectivity index (χ0v) is 6.62. The Morgan fingerprint density at radius 3 is 1.89 bits per heavy atom. The summed E-state index contributed by atoms with van der Waals surface area (Å²) < 4.78 is 0. The predicted octanol–water partition coefficient (Wildman–Crippen LogP) is 3.01. The molecule has 0 N–H and O–H groups in total. The molecule has 0 radical (unpaired) electrons. The molecule has 1 heterocycles. The summed E-state index contributed by atoms with van der Waals surface area (Å²) in [5.74, 6) is 0. The molecule has 48 valence electrons. The molecule has 9 heavy (non-hydrogen) atoms. The highest BCUT2D eigenvalue weighted by molar-refractivity contribution is 8.18. The van der Waals surface area contributed by atoms with Gasteiger partial charge in [-0.05, 0) is 10.8 Å². The summed E-state index contributed by atoms with van der Waals surface area (Å²) in [6.07, 6.45) is 8.19. The molecule has 2 heteroatoms. The molecule has 0 saturated carbocycles. The first-order valence-corrected chi connectivity index (χ1v) is 4.81. The van der Waals surface area contributed by atoms with Crippen LogP contribution in [0.25, 0.3) is 0 Å². The molecule has 0 aliphatic carbocycles. The second-order valence-electron chi connectivity index (χ2n) is 1.49. The second kappa shape index (κ2) is 4.77. The van der Waals surface area contributed by atoms with Gasteiger partial charge >= 0.3 is 0 Å². The summed E-state index contributed by atoms with van der Waals surface area (Å²) >= 11 is 3.64. The largest absolute Gasteiger partial charge is 0.123 e. The van der Waals surface area contributed by atoms with Gasteiger partial charge in [-0.1, -0.05) is 24.3 Å². The lowest BCUT2D eigenvalue weighted by Gasteiger charge is -1.85. The van der Waals surface area contributed by atoms with Gasteiger partial charge in [0.2, 0.25) is 0 Å². The Kier molecular flexibility index (Phi) is 3.72. The Hall–Kier alpha value is -0.0800. The molecule has 1 rings (SSSR count). The molecule has 0 unspecified atom stereocenters. The zero-order valence-electron chi connectivity index (χ0n) is 4.99. The molecular weight excluding hydrogens is 148 g/mol. The van der Waals surface area contributed by atoms with Crippen LogP contribution >= 0.6 is 23.5 Å². The van der Waals surface area contributed by atoms with Gasteiger partial charge < -0.3 is 0 Å². The number of hydrogen-bond acceptors (Lipinski definition) is 2. The molecular formula is C7H8S2. The van der Waals surface area contributed by atoms with E-state index in [4.69, 9.17) is 0 Å². The second-order valence-corrected chi connectivity index (χ2v) is 3.65. The average molecular weight is 156 g/mol. The van der Waals surface area contributed by atoms with Gasteiger partial charge in [-0.15, -0.1) is 23.5 Å². The van der Waals surface area contributed by atoms with Gasteiger partial charge in [-0.2, -0.15) is 0 Å². The van der Waals surface area contributed by atoms with Crippen molar-refractivity contribution < 1.29 is 0 Å². The summed E-state index contributed by atoms with van der Waals surface area (Å²) in [7, 11) is 0. The first kappa shape index (κ1) is 7.03. The van der Waals surface area contributed by atoms with E-state index in [1.165, 1.54) is 0 Å². The van der Waals surface area contributed by atoms with Gasteiger partial charge in [0.15, 0.2) is 0 Å². The summed E-state index contributed by atoms with van der Waals surface area (Å²) in [5.41, 5.74) is 0. The lowest BCUT2D eigenvalue weighted by molar-refractivity contribution is 1.96. The maximum Gasteiger partial charge on any atom is 0.0474 e. The summed E-state index contributed by atoms with van der Waals surface area (Å²) in [4.78, 5) is 0. The standard InChI is InChI=1S/C7H8S2/c1-2-4-6-9-7-8-5-3-1/h1-6H,7H2/b2-1-,5-3-,6-4-. The molecule has 0 amide bonds. The Morgan fingerprint density at radius 2 is 1.33 bits per heavy atom. The molecule has 0 saturated heterocycles. The van der Waals surface area contributed by atoms with E-state index in [1.807, 2.05) is 35.7 Å². The van der Waals surface area contributed by atoms with Crippen molar-refractivity contribution in [3.05, 3.63) is 35.1 Å². The molecule has 0 bridgehead atoms. The van der Waals surface area contributed by atoms with Gasteiger partial charge in [-0.3, -0.25) is 0 Å². The summed E-state index contributed by atoms with van der Waals surface area (Å²) in [5, 5.41) is 5.34. The van der Waals surface area contributed by atoms with E-state index in [9.17, 15) is 0 Å². The molecule has 0 fully saturated rings. The molecule has 1 aliphatic heterocycles. The molecule has 0 aromatic heterocycles. The minimum Gasteiger partial charge on any atom is -0.123 e. The monoisotopic (exact) mass is 156 g/mol. The molecule has 1 aliphatic rings. The van der Waals surface area contributed by atoms with E-state index < -0.39 is 0 Å². The Labute approximate surface area is 64.1 Å². The number of hydrogen-bond donors (Lipinski definition) is 0. The van der Waals surface area contributed by atoms with Crippen LogP contribution in [0.5, 0.6) is 0 Å². The third kappa shape index (κ3) is 3.49. The topological polar surface area (TPSA) is 0 Å². The maximum absolute atomic E-state index is 2.11. The lowest BCUT2D eigenvalue weighted by atomic mass is 10.5. The molecule has 0 nitrogen and oxygen atoms in total. The molecule has 0 spiro atoms. The normalized spacial score (nSPS) is 29.3. The van der Waals surface area contributed by atoms with Crippen molar-refractivity contribution in [2.45, 2.75) is 0 Å². The minimum atomic E-state index is 1.12. The van der Waals surface area contributed by atoms with Crippen LogP contribution < -0.4 is 0 Å². The quantitative estimate of drug-likeness (QED) is 0.529. The van der Waals surface area contributed by atoms with E-state index in [2.05, 4.69) is 23.0 Å². The third-order valence-electron chi connectivity index (χ3n) is 0.819. The highest BCUT2D eigenvalue weighted by atomic mass is 32.2. The predicted molar refractivity (Wildman–Crippen MR) is 47.5 cm³/mol. The van der Waals surface area contributed by atoms with Crippen LogP contribution in [0.2, 0.25) is 0 Å². The average Bonchev–Trinajstić information content (AvgIpc) is 2.00. The summed E-state index contributed by atoms with van der Waals surface area (Å²) in [6.45, 7) is 0. The summed E-state index contributed by atoms with van der Waals surface area (Å²) in [6, 6.07) is 0. The van der Waals surface area contributed by atoms with Crippen LogP contribution in [0, 0.1) is 0 Å². The van der Waals surface area contributed by atoms with Crippen molar-refractivity contribution in [1.82, 2.24) is 0 Å². The SMILES string of the molecule is C1=C\C=C/SCS\C=C/1. The Morgan fingerprint density at radius 1 is 0.778 bits per heavy atom. The smallest absolute Gasteiger partial charge is 0.0474 e. The fraction of sp³-hybridized carbons (Fsp3) is 0.143. The third-order valence-corrected chi connectivity index (χ3v) is 2.61. The number of thioether (sulfide) groups is 2. The Balaban J connectivity index is 2.45. The van der Waals surface area contributed by atoms with Crippen molar-refractivity contribution in [2.75, 3.05) is 5.08 Å². The van der Waals surface area contributed by atoms with Crippen molar-refractivity contribution in [1.29, 1.82) is 0 Å². The van der Waals surface area contributed by atoms with Crippen LogP contribution in [0.15, 0.2) is 35.1 Å². The maximum atomic E-state index is 2.11. The van der Waals surface area contributed by atoms with E-state index in [0.717, 1.165) is 5.08 Å². The van der Waals surface area contributed by atoms with Gasteiger partial charge in [0.05, 0.1) is 0 Å². The van der Waals surface area contributed by atoms with Crippen molar-refractivity contribution in [2.24, 2.45) is 0 Å². The van der Waals surface area contributed by atoms with Gasteiger partial charge in [0.25, 0.3) is 0 Å². The van der Waals surface area contributed by atoms with E-state index in [0.29, 0.717) is 0 Å². The first-order valence-electron chi connectivity index (χ1n) is 2.72. The van der Waals surface area contributed by atoms with Crippen LogP contribution in [0.4, 0.5) is 0 Å². The Bertz CT molecular complexity index is 129. The van der Waals surface area contributed by atoms with Gasteiger partial charge in [-0.25, -0.2) is 0 Å². The van der Waals surface area contributed by atoms with E-state index >= 15 is 0 Å². The van der Waals surface area contributed by atoms with Gasteiger partial charge in [0, 0.05) is 5.08 Å². The van der Waals surface area contributed by atoms with Crippen LogP contribution in [0.3, 0.4) is 0 Å². The molecule has 0 aromatic rings. The first-order chi connectivity index (χ1) is 4.50. The zero-order chi connectivity index (χ0) is 6.36. The van der Waals surface area contributed by atoms with Crippen molar-refractivity contribution >= 4 is 23.5 Å². The number of allylic oxidation sites excluding steroid dienone is 4. The van der Waals surface area contributed by atoms with E-state index in [-0.39, 0.29) is 0 Å². The fourth-order valence-electron chi connectivity index (χ4n) is 0.448. The van der Waals surface area contributed by atoms with Crippen LogP contribution in [0.1, 0.15) is 0 Å². The molecule has 0 atom stereocenters. The van der Waals surface area contributed by atoms with Crippen LogP contribution in [-0.2, 0) is 0 Å². The lowest BCUT2D eigenvalue weighted by Crippen LogP contribution is -1.57. The van der Waals surface area contributed by atoms with Gasteiger partial charge in [0.1, 0.15) is 0 Å². The highest BCUT2D eigenvalue weighted by Gasteiger charge is 1.80. The van der Waals surface area contributed by atoms with Crippen molar-refractivity contribution in [3.63, 3.8) is 0 Å². The highest BCUT2D eigenvalue weighted by Crippen LogP contribution is 2.14. The fourth-order valence-corrected chi connectivity index (χ4v) is 1.79. The van der Waals surface area contributed by atoms with E-state index in [1.54, 1.807) is 0 Å². The molecule has 0 aromatic carbocycles. The van der Waals surface area contributed by atoms with Crippen LogP contribution in [-0.4, -0.2) is 5.08 Å². The number of rotatable bonds is 0. The van der Waals surface area contributed by atoms with Crippen molar-refractivity contribution in [3.8, 4) is 0 Å².